The lowest BCUT2D eigenvalue weighted by Gasteiger charge is -2.28. The summed E-state index contributed by atoms with van der Waals surface area (Å²) in [6, 6.07) is 16.7. The zero-order valence-electron chi connectivity index (χ0n) is 27.8. The zero-order chi connectivity index (χ0) is 35.0. The highest BCUT2D eigenvalue weighted by molar-refractivity contribution is 5.96. The van der Waals surface area contributed by atoms with Crippen LogP contribution in [0.1, 0.15) is 37.3 Å². The van der Waals surface area contributed by atoms with Crippen LogP contribution in [0, 0.1) is 17.6 Å². The minimum atomic E-state index is -0.454. The number of hydrogen-bond acceptors (Lipinski definition) is 7. The number of likely N-dealkylation sites (tertiary alicyclic amines) is 1. The summed E-state index contributed by atoms with van der Waals surface area (Å²) >= 11 is 0. The van der Waals surface area contributed by atoms with Crippen molar-refractivity contribution in [3.05, 3.63) is 102 Å². The van der Waals surface area contributed by atoms with Crippen molar-refractivity contribution in [1.29, 1.82) is 0 Å². The number of aromatic nitrogens is 4. The number of nitrogens with zero attached hydrogens (tertiary/aromatic N) is 5. The van der Waals surface area contributed by atoms with Crippen molar-refractivity contribution in [3.63, 3.8) is 0 Å². The third kappa shape index (κ3) is 7.93. The van der Waals surface area contributed by atoms with Crippen LogP contribution in [-0.4, -0.2) is 80.1 Å². The van der Waals surface area contributed by atoms with Gasteiger partial charge in [-0.3, -0.25) is 19.6 Å². The molecule has 10 nitrogen and oxygen atoms in total. The number of rotatable bonds is 9. The first-order valence-corrected chi connectivity index (χ1v) is 16.7. The molecule has 4 heterocycles. The fraction of sp³-hybridized carbons (Fsp3) is 0.289. The number of halogens is 2. The number of amides is 2. The van der Waals surface area contributed by atoms with E-state index in [1.807, 2.05) is 17.0 Å². The van der Waals surface area contributed by atoms with E-state index in [1.165, 1.54) is 25.0 Å². The van der Waals surface area contributed by atoms with Gasteiger partial charge in [0.25, 0.3) is 0 Å². The molecule has 1 unspecified atom stereocenters. The van der Waals surface area contributed by atoms with Crippen molar-refractivity contribution >= 4 is 34.5 Å². The lowest BCUT2D eigenvalue weighted by molar-refractivity contribution is -0.131. The molecule has 3 aromatic carbocycles. The zero-order valence-corrected chi connectivity index (χ0v) is 27.8. The quantitative estimate of drug-likeness (QED) is 0.162. The summed E-state index contributed by atoms with van der Waals surface area (Å²) in [7, 11) is 0. The topological polar surface area (TPSA) is 127 Å². The molecule has 1 fully saturated rings. The van der Waals surface area contributed by atoms with Crippen molar-refractivity contribution in [2.24, 2.45) is 5.92 Å². The number of aromatic amines is 1. The van der Waals surface area contributed by atoms with Gasteiger partial charge < -0.3 is 15.3 Å². The van der Waals surface area contributed by atoms with E-state index in [-0.39, 0.29) is 23.9 Å². The monoisotopic (exact) mass is 679 g/mol. The molecule has 0 bridgehead atoms. The molecule has 0 aliphatic carbocycles. The summed E-state index contributed by atoms with van der Waals surface area (Å²) in [6.07, 6.45) is 8.92. The number of H-pyrrole nitrogens is 1. The van der Waals surface area contributed by atoms with Gasteiger partial charge >= 0.3 is 0 Å². The third-order valence-corrected chi connectivity index (χ3v) is 9.28. The predicted octanol–water partition coefficient (Wildman–Crippen LogP) is 6.06. The number of aliphatic hydroxyl groups excluding tert-OH is 1. The van der Waals surface area contributed by atoms with E-state index in [0.717, 1.165) is 35.5 Å². The highest BCUT2D eigenvalue weighted by Crippen LogP contribution is 2.30. The second-order valence-electron chi connectivity index (χ2n) is 12.4. The number of fused-ring (bicyclic) bond motifs is 1. The van der Waals surface area contributed by atoms with E-state index in [1.54, 1.807) is 54.9 Å². The Hall–Kier alpha value is -5.33. The minimum Gasteiger partial charge on any atom is -0.392 e. The fourth-order valence-corrected chi connectivity index (χ4v) is 6.42. The van der Waals surface area contributed by atoms with Crippen LogP contribution in [0.25, 0.3) is 39.1 Å². The van der Waals surface area contributed by atoms with E-state index in [2.05, 4.69) is 37.3 Å². The summed E-state index contributed by atoms with van der Waals surface area (Å²) in [4.78, 5) is 35.6. The van der Waals surface area contributed by atoms with Gasteiger partial charge in [-0.1, -0.05) is 31.6 Å². The molecule has 258 valence electrons. The Bertz CT molecular complexity index is 2000. The normalized spacial score (nSPS) is 16.1. The maximum absolute atomic E-state index is 14.7. The largest absolute Gasteiger partial charge is 0.392 e. The Morgan fingerprint density at radius 2 is 1.86 bits per heavy atom. The summed E-state index contributed by atoms with van der Waals surface area (Å²) in [5.41, 5.74) is 5.20. The summed E-state index contributed by atoms with van der Waals surface area (Å²) < 4.78 is 28.2. The van der Waals surface area contributed by atoms with Crippen molar-refractivity contribution in [2.45, 2.75) is 32.8 Å². The lowest BCUT2D eigenvalue weighted by atomic mass is 9.97. The smallest absolute Gasteiger partial charge is 0.237 e. The van der Waals surface area contributed by atoms with Crippen LogP contribution >= 0.6 is 0 Å². The maximum atomic E-state index is 14.7. The number of carbonyl (C=O) groups excluding carboxylic acids is 2. The molecule has 3 N–H and O–H groups in total. The Morgan fingerprint density at radius 3 is 2.56 bits per heavy atom. The Kier molecular flexibility index (Phi) is 11.0. The molecule has 0 radical (unpaired) electrons. The highest BCUT2D eigenvalue weighted by Gasteiger charge is 2.26. The molecule has 1 saturated heterocycles. The fourth-order valence-electron chi connectivity index (χ4n) is 6.42. The molecule has 12 heteroatoms. The van der Waals surface area contributed by atoms with Gasteiger partial charge in [-0.05, 0) is 79.4 Å². The van der Waals surface area contributed by atoms with Gasteiger partial charge in [0.05, 0.1) is 24.4 Å². The number of benzene rings is 3. The SMILES string of the molecule is CCC1CCN(CC(=O)N2CC=C(c3ccc(-c4ncccn4)cc3F)CC2)C1.O=CNc1ccc2[nH]nc(-c3ccc(F)c(CO)c3)c2c1. The average molecular weight is 680 g/mol. The summed E-state index contributed by atoms with van der Waals surface area (Å²) in [5.74, 6) is 0.685. The summed E-state index contributed by atoms with van der Waals surface area (Å²) in [5, 5.41) is 19.6. The second-order valence-corrected chi connectivity index (χ2v) is 12.4. The van der Waals surface area contributed by atoms with E-state index in [4.69, 9.17) is 5.11 Å². The highest BCUT2D eigenvalue weighted by atomic mass is 19.1. The number of hydrogen-bond donors (Lipinski definition) is 3. The number of aliphatic hydroxyl groups is 1. The molecule has 50 heavy (non-hydrogen) atoms. The van der Waals surface area contributed by atoms with Crippen molar-refractivity contribution in [2.75, 3.05) is 38.0 Å². The Balaban J connectivity index is 0.000000182. The third-order valence-electron chi connectivity index (χ3n) is 9.28. The molecular weight excluding hydrogens is 640 g/mol. The first kappa shape index (κ1) is 34.5. The van der Waals surface area contributed by atoms with Crippen LogP contribution in [0.2, 0.25) is 0 Å². The van der Waals surface area contributed by atoms with Crippen LogP contribution in [0.3, 0.4) is 0 Å². The van der Waals surface area contributed by atoms with Gasteiger partial charge in [0, 0.05) is 65.4 Å². The van der Waals surface area contributed by atoms with Gasteiger partial charge in [0.1, 0.15) is 11.6 Å². The molecule has 0 spiro atoms. The lowest BCUT2D eigenvalue weighted by Crippen LogP contribution is -2.41. The van der Waals surface area contributed by atoms with E-state index in [0.29, 0.717) is 66.4 Å². The van der Waals surface area contributed by atoms with E-state index < -0.39 is 5.82 Å². The Labute approximate surface area is 288 Å². The molecule has 5 aromatic rings. The van der Waals surface area contributed by atoms with Gasteiger partial charge in [-0.15, -0.1) is 0 Å². The molecule has 2 aromatic heterocycles. The van der Waals surface area contributed by atoms with Gasteiger partial charge in [0.15, 0.2) is 5.82 Å². The molecule has 1 atom stereocenters. The van der Waals surface area contributed by atoms with Crippen LogP contribution in [0.15, 0.2) is 79.1 Å². The van der Waals surface area contributed by atoms with Crippen molar-refractivity contribution in [1.82, 2.24) is 30.0 Å². The van der Waals surface area contributed by atoms with E-state index in [9.17, 15) is 18.4 Å². The first-order valence-electron chi connectivity index (χ1n) is 16.7. The van der Waals surface area contributed by atoms with Crippen LogP contribution in [-0.2, 0) is 16.2 Å². The first-order chi connectivity index (χ1) is 24.4. The average Bonchev–Trinajstić information content (AvgIpc) is 3.79. The Morgan fingerprint density at radius 1 is 1.04 bits per heavy atom. The number of nitrogens with one attached hydrogen (secondary N) is 2. The molecular formula is C38H39F2N7O3. The number of anilines is 1. The van der Waals surface area contributed by atoms with Crippen molar-refractivity contribution in [3.8, 4) is 22.6 Å². The van der Waals surface area contributed by atoms with Gasteiger partial charge in [-0.2, -0.15) is 5.10 Å². The van der Waals surface area contributed by atoms with E-state index >= 15 is 0 Å². The maximum Gasteiger partial charge on any atom is 0.237 e. The molecule has 2 amide bonds. The number of carbonyl (C=O) groups is 2. The summed E-state index contributed by atoms with van der Waals surface area (Å²) in [6.45, 7) is 5.56. The van der Waals surface area contributed by atoms with Crippen molar-refractivity contribution < 1.29 is 23.5 Å². The molecule has 2 aliphatic rings. The van der Waals surface area contributed by atoms with Gasteiger partial charge in [-0.25, -0.2) is 18.7 Å². The van der Waals surface area contributed by atoms with Crippen LogP contribution in [0.5, 0.6) is 0 Å². The molecule has 0 saturated carbocycles. The van der Waals surface area contributed by atoms with Gasteiger partial charge in [0.2, 0.25) is 12.3 Å². The standard InChI is InChI=1S/C23H27FN4O.C15H12FN3O2/c1-2-17-6-11-27(15-17)16-22(29)28-12-7-18(8-13-28)20-5-4-19(14-21(20)24)23-25-9-3-10-26-23;16-13-3-1-9(5-10(13)7-20)15-12-6-11(17-8-21)2-4-14(12)18-19-15/h3-5,7,9-10,14,17H,2,6,8,11-13,15-16H2,1H3;1-6,8,20H,7H2,(H,17,21)(H,18,19). The molecule has 7 rings (SSSR count). The molecule has 2 aliphatic heterocycles. The second kappa shape index (κ2) is 15.9. The minimum absolute atomic E-state index is 0.175. The predicted molar refractivity (Wildman–Crippen MR) is 189 cm³/mol. The van der Waals surface area contributed by atoms with Crippen LogP contribution < -0.4 is 5.32 Å². The van der Waals surface area contributed by atoms with Crippen LogP contribution in [0.4, 0.5) is 14.5 Å².